The highest BCUT2D eigenvalue weighted by Crippen LogP contribution is 2.33. The van der Waals surface area contributed by atoms with Gasteiger partial charge >= 0.3 is 0 Å². The van der Waals surface area contributed by atoms with E-state index in [1.54, 1.807) is 0 Å². The Kier molecular flexibility index (Phi) is 5.90. The molecule has 2 atom stereocenters. The maximum Gasteiger partial charge on any atom is 0.0585 e. The molecule has 0 amide bonds. The number of aliphatic hydroxyl groups is 1. The van der Waals surface area contributed by atoms with E-state index >= 15 is 0 Å². The van der Waals surface area contributed by atoms with Gasteiger partial charge in [-0.25, -0.2) is 0 Å². The lowest BCUT2D eigenvalue weighted by molar-refractivity contribution is 0.203. The predicted molar refractivity (Wildman–Crippen MR) is 73.2 cm³/mol. The van der Waals surface area contributed by atoms with E-state index in [2.05, 4.69) is 37.9 Å². The molecule has 1 heterocycles. The van der Waals surface area contributed by atoms with Crippen LogP contribution in [0, 0.1) is 11.3 Å². The van der Waals surface area contributed by atoms with Crippen LogP contribution in [0.3, 0.4) is 0 Å². The molecule has 3 heteroatoms. The molecule has 0 aromatic carbocycles. The highest BCUT2D eigenvalue weighted by atomic mass is 16.3. The van der Waals surface area contributed by atoms with Gasteiger partial charge in [0.1, 0.15) is 0 Å². The predicted octanol–water partition coefficient (Wildman–Crippen LogP) is 1.71. The van der Waals surface area contributed by atoms with Crippen LogP contribution in [0.1, 0.15) is 40.5 Å². The first-order chi connectivity index (χ1) is 7.97. The number of nitrogens with one attached hydrogen (secondary N) is 1. The Morgan fingerprint density at radius 3 is 2.59 bits per heavy atom. The van der Waals surface area contributed by atoms with E-state index in [1.165, 1.54) is 19.5 Å². The molecule has 0 aliphatic carbocycles. The molecule has 1 rings (SSSR count). The third-order valence-corrected chi connectivity index (χ3v) is 4.00. The first kappa shape index (κ1) is 14.9. The van der Waals surface area contributed by atoms with Crippen LogP contribution < -0.4 is 5.32 Å². The van der Waals surface area contributed by atoms with Gasteiger partial charge in [-0.1, -0.05) is 27.7 Å². The quantitative estimate of drug-likeness (QED) is 0.744. The number of likely N-dealkylation sites (N-methyl/N-ethyl adjacent to an activating group) is 1. The lowest BCUT2D eigenvalue weighted by atomic mass is 9.80. The van der Waals surface area contributed by atoms with E-state index < -0.39 is 0 Å². The Labute approximate surface area is 107 Å². The molecule has 0 bridgehead atoms. The van der Waals surface area contributed by atoms with Crippen molar-refractivity contribution in [3.8, 4) is 0 Å². The second-order valence-electron chi connectivity index (χ2n) is 6.38. The summed E-state index contributed by atoms with van der Waals surface area (Å²) in [6, 6.07) is 0.272. The zero-order valence-corrected chi connectivity index (χ0v) is 12.0. The van der Waals surface area contributed by atoms with Crippen molar-refractivity contribution < 1.29 is 5.11 Å². The number of rotatable bonds is 6. The molecule has 0 aromatic heterocycles. The minimum atomic E-state index is 0.254. The molecule has 1 aliphatic heterocycles. The summed E-state index contributed by atoms with van der Waals surface area (Å²) < 4.78 is 0. The first-order valence-corrected chi connectivity index (χ1v) is 7.04. The van der Waals surface area contributed by atoms with Gasteiger partial charge in [-0.2, -0.15) is 0 Å². The third kappa shape index (κ3) is 4.94. The maximum absolute atomic E-state index is 9.23. The molecule has 0 radical (unpaired) electrons. The average molecular weight is 242 g/mol. The number of hydrogen-bond acceptors (Lipinski definition) is 3. The summed E-state index contributed by atoms with van der Waals surface area (Å²) in [5, 5.41) is 12.6. The van der Waals surface area contributed by atoms with Gasteiger partial charge in [0.15, 0.2) is 0 Å². The van der Waals surface area contributed by atoms with Crippen molar-refractivity contribution in [2.24, 2.45) is 11.3 Å². The second kappa shape index (κ2) is 6.72. The number of likely N-dealkylation sites (tertiary alicyclic amines) is 1. The molecule has 1 fully saturated rings. The lowest BCUT2D eigenvalue weighted by Gasteiger charge is -2.27. The van der Waals surface area contributed by atoms with Crippen molar-refractivity contribution in [3.63, 3.8) is 0 Å². The Morgan fingerprint density at radius 2 is 2.12 bits per heavy atom. The molecule has 102 valence electrons. The molecule has 2 N–H and O–H groups in total. The Balaban J connectivity index is 2.26. The normalized spacial score (nSPS) is 24.2. The summed E-state index contributed by atoms with van der Waals surface area (Å²) in [5.41, 5.74) is 0.437. The summed E-state index contributed by atoms with van der Waals surface area (Å²) in [5.74, 6) is 0.828. The molecule has 0 spiro atoms. The average Bonchev–Trinajstić information content (AvgIpc) is 2.72. The number of aliphatic hydroxyl groups excluding tert-OH is 1. The largest absolute Gasteiger partial charge is 0.395 e. The summed E-state index contributed by atoms with van der Waals surface area (Å²) in [7, 11) is 0. The number of hydrogen-bond donors (Lipinski definition) is 2. The SMILES string of the molecule is CCNC(CO)CCN1CCC(C(C)(C)C)C1. The topological polar surface area (TPSA) is 35.5 Å². The zero-order valence-electron chi connectivity index (χ0n) is 12.0. The van der Waals surface area contributed by atoms with Gasteiger partial charge in [-0.05, 0) is 43.8 Å². The van der Waals surface area contributed by atoms with E-state index in [1.807, 2.05) is 0 Å². The molecule has 1 saturated heterocycles. The van der Waals surface area contributed by atoms with Gasteiger partial charge < -0.3 is 15.3 Å². The molecule has 2 unspecified atom stereocenters. The smallest absolute Gasteiger partial charge is 0.0585 e. The van der Waals surface area contributed by atoms with Crippen LogP contribution in [0.15, 0.2) is 0 Å². The van der Waals surface area contributed by atoms with Crippen molar-refractivity contribution in [2.45, 2.75) is 46.6 Å². The molecule has 1 aliphatic rings. The van der Waals surface area contributed by atoms with Crippen LogP contribution in [-0.4, -0.2) is 48.8 Å². The molecular formula is C14H30N2O. The van der Waals surface area contributed by atoms with Crippen LogP contribution in [0.25, 0.3) is 0 Å². The minimum absolute atomic E-state index is 0.254. The van der Waals surface area contributed by atoms with Gasteiger partial charge in [0.2, 0.25) is 0 Å². The van der Waals surface area contributed by atoms with Gasteiger partial charge in [-0.15, -0.1) is 0 Å². The van der Waals surface area contributed by atoms with Gasteiger partial charge in [0, 0.05) is 12.6 Å². The molecular weight excluding hydrogens is 212 g/mol. The Morgan fingerprint density at radius 1 is 1.41 bits per heavy atom. The van der Waals surface area contributed by atoms with Crippen molar-refractivity contribution >= 4 is 0 Å². The van der Waals surface area contributed by atoms with Gasteiger partial charge in [0.25, 0.3) is 0 Å². The molecule has 0 saturated carbocycles. The van der Waals surface area contributed by atoms with E-state index in [4.69, 9.17) is 0 Å². The van der Waals surface area contributed by atoms with Gasteiger partial charge in [-0.3, -0.25) is 0 Å². The van der Waals surface area contributed by atoms with Crippen LogP contribution in [0.5, 0.6) is 0 Å². The fraction of sp³-hybridized carbons (Fsp3) is 1.00. The molecule has 0 aromatic rings. The highest BCUT2D eigenvalue weighted by molar-refractivity contribution is 4.84. The summed E-state index contributed by atoms with van der Waals surface area (Å²) in [6.45, 7) is 13.9. The van der Waals surface area contributed by atoms with Crippen molar-refractivity contribution in [3.05, 3.63) is 0 Å². The van der Waals surface area contributed by atoms with Crippen molar-refractivity contribution in [1.29, 1.82) is 0 Å². The first-order valence-electron chi connectivity index (χ1n) is 7.04. The van der Waals surface area contributed by atoms with Gasteiger partial charge in [0.05, 0.1) is 6.61 Å². The Hall–Kier alpha value is -0.120. The highest BCUT2D eigenvalue weighted by Gasteiger charge is 2.31. The standard InChI is InChI=1S/C14H30N2O/c1-5-15-13(11-17)7-9-16-8-6-12(10-16)14(2,3)4/h12-13,15,17H,5-11H2,1-4H3. The van der Waals surface area contributed by atoms with Crippen LogP contribution in [0.2, 0.25) is 0 Å². The van der Waals surface area contributed by atoms with E-state index in [9.17, 15) is 5.11 Å². The maximum atomic E-state index is 9.23. The number of nitrogens with zero attached hydrogens (tertiary/aromatic N) is 1. The van der Waals surface area contributed by atoms with Crippen LogP contribution in [0.4, 0.5) is 0 Å². The summed E-state index contributed by atoms with van der Waals surface area (Å²) in [6.07, 6.45) is 2.38. The van der Waals surface area contributed by atoms with Crippen LogP contribution in [-0.2, 0) is 0 Å². The molecule has 3 nitrogen and oxygen atoms in total. The monoisotopic (exact) mass is 242 g/mol. The van der Waals surface area contributed by atoms with E-state index in [0.29, 0.717) is 5.41 Å². The summed E-state index contributed by atoms with van der Waals surface area (Å²) in [4.78, 5) is 2.55. The second-order valence-corrected chi connectivity index (χ2v) is 6.38. The fourth-order valence-electron chi connectivity index (χ4n) is 2.63. The van der Waals surface area contributed by atoms with Crippen molar-refractivity contribution in [2.75, 3.05) is 32.8 Å². The third-order valence-electron chi connectivity index (χ3n) is 4.00. The van der Waals surface area contributed by atoms with Crippen molar-refractivity contribution in [1.82, 2.24) is 10.2 Å². The molecule has 17 heavy (non-hydrogen) atoms. The van der Waals surface area contributed by atoms with Crippen LogP contribution >= 0.6 is 0 Å². The minimum Gasteiger partial charge on any atom is -0.395 e. The Bertz CT molecular complexity index is 213. The zero-order chi connectivity index (χ0) is 12.9. The lowest BCUT2D eigenvalue weighted by Crippen LogP contribution is -2.36. The van der Waals surface area contributed by atoms with E-state index in [-0.39, 0.29) is 12.6 Å². The fourth-order valence-corrected chi connectivity index (χ4v) is 2.63. The summed E-state index contributed by atoms with van der Waals surface area (Å²) >= 11 is 0. The van der Waals surface area contributed by atoms with E-state index in [0.717, 1.165) is 25.4 Å².